The number of rotatable bonds is 5. The molecule has 1 aliphatic heterocycles. The van der Waals surface area contributed by atoms with E-state index in [2.05, 4.69) is 10.2 Å². The van der Waals surface area contributed by atoms with Crippen molar-refractivity contribution in [2.75, 3.05) is 25.4 Å². The molecule has 4 rings (SSSR count). The summed E-state index contributed by atoms with van der Waals surface area (Å²) in [5, 5.41) is 6.47. The van der Waals surface area contributed by atoms with Crippen LogP contribution in [-0.4, -0.2) is 30.3 Å². The number of anilines is 1. The molecule has 3 N–H and O–H groups in total. The maximum absolute atomic E-state index is 13.3. The summed E-state index contributed by atoms with van der Waals surface area (Å²) >= 11 is 7.33. The number of nitrogen functional groups attached to an aromatic ring is 1. The monoisotopic (exact) mass is 429 g/mol. The number of piperazine rings is 1. The van der Waals surface area contributed by atoms with Crippen LogP contribution in [0.2, 0.25) is 5.02 Å². The molecule has 3 aromatic rings. The van der Waals surface area contributed by atoms with Crippen LogP contribution in [0.1, 0.15) is 33.1 Å². The molecule has 1 saturated heterocycles. The van der Waals surface area contributed by atoms with Crippen molar-refractivity contribution in [1.29, 1.82) is 0 Å². The van der Waals surface area contributed by atoms with E-state index in [9.17, 15) is 9.18 Å². The molecule has 0 radical (unpaired) electrons. The maximum atomic E-state index is 13.3. The lowest BCUT2D eigenvalue weighted by Gasteiger charge is -2.36. The van der Waals surface area contributed by atoms with E-state index in [0.717, 1.165) is 30.8 Å². The molecule has 29 heavy (non-hydrogen) atoms. The van der Waals surface area contributed by atoms with Crippen LogP contribution >= 0.6 is 22.9 Å². The number of hydrogen-bond donors (Lipinski definition) is 2. The first-order chi connectivity index (χ1) is 14.0. The van der Waals surface area contributed by atoms with E-state index in [0.29, 0.717) is 27.7 Å². The third-order valence-corrected chi connectivity index (χ3v) is 6.32. The van der Waals surface area contributed by atoms with E-state index in [-0.39, 0.29) is 17.6 Å². The van der Waals surface area contributed by atoms with Crippen LogP contribution in [0, 0.1) is 5.82 Å². The number of carbonyl (C=O) groups excluding carboxylic acids is 1. The van der Waals surface area contributed by atoms with Crippen LogP contribution in [0.15, 0.2) is 53.9 Å². The van der Waals surface area contributed by atoms with Gasteiger partial charge >= 0.3 is 0 Å². The van der Waals surface area contributed by atoms with Gasteiger partial charge in [-0.2, -0.15) is 0 Å². The highest BCUT2D eigenvalue weighted by molar-refractivity contribution is 7.14. The highest BCUT2D eigenvalue weighted by Gasteiger charge is 2.27. The molecule has 0 aliphatic carbocycles. The van der Waals surface area contributed by atoms with Gasteiger partial charge in [0.05, 0.1) is 10.6 Å². The summed E-state index contributed by atoms with van der Waals surface area (Å²) in [6, 6.07) is 13.6. The summed E-state index contributed by atoms with van der Waals surface area (Å²) in [6.07, 6.45) is 0. The Morgan fingerprint density at radius 3 is 2.66 bits per heavy atom. The number of benzene rings is 2. The van der Waals surface area contributed by atoms with E-state index in [1.807, 2.05) is 17.5 Å². The highest BCUT2D eigenvalue weighted by Crippen LogP contribution is 2.32. The largest absolute Gasteiger partial charge is 0.390 e. The number of nitrogens with zero attached hydrogens (tertiary/aromatic N) is 1. The minimum absolute atomic E-state index is 0.0936. The normalized spacial score (nSPS) is 17.4. The zero-order chi connectivity index (χ0) is 20.4. The third-order valence-electron chi connectivity index (χ3n) is 5.21. The van der Waals surface area contributed by atoms with Crippen LogP contribution in [0.5, 0.6) is 0 Å². The number of ketones is 1. The Labute approximate surface area is 178 Å². The molecule has 7 heteroatoms. The standard InChI is InChI=1S/C22H21ClFN3OS/c23-17-5-1-15(2-6-17)21(28)20-16(13-29-22(20)25)12-27-10-9-26-11-19(27)14-3-7-18(24)8-4-14/h1-8,13,19,26H,9-12,25H2. The van der Waals surface area contributed by atoms with Gasteiger partial charge in [-0.1, -0.05) is 23.7 Å². The van der Waals surface area contributed by atoms with Gasteiger partial charge in [-0.25, -0.2) is 4.39 Å². The summed E-state index contributed by atoms with van der Waals surface area (Å²) in [7, 11) is 0. The zero-order valence-electron chi connectivity index (χ0n) is 15.7. The van der Waals surface area contributed by atoms with Crippen LogP contribution in [0.4, 0.5) is 9.39 Å². The van der Waals surface area contributed by atoms with Gasteiger partial charge in [0.25, 0.3) is 0 Å². The van der Waals surface area contributed by atoms with Crippen molar-refractivity contribution < 1.29 is 9.18 Å². The molecule has 0 amide bonds. The lowest BCUT2D eigenvalue weighted by atomic mass is 9.99. The average Bonchev–Trinajstić information content (AvgIpc) is 3.09. The molecule has 1 aliphatic rings. The number of nitrogens with two attached hydrogens (primary N) is 1. The summed E-state index contributed by atoms with van der Waals surface area (Å²) in [4.78, 5) is 15.4. The molecular formula is C22H21ClFN3OS. The predicted octanol–water partition coefficient (Wildman–Crippen LogP) is 4.50. The third kappa shape index (κ3) is 4.36. The maximum Gasteiger partial charge on any atom is 0.196 e. The van der Waals surface area contributed by atoms with E-state index in [4.69, 9.17) is 17.3 Å². The second kappa shape index (κ2) is 8.63. The van der Waals surface area contributed by atoms with E-state index in [1.54, 1.807) is 24.3 Å². The molecular weight excluding hydrogens is 409 g/mol. The second-order valence-electron chi connectivity index (χ2n) is 7.08. The van der Waals surface area contributed by atoms with Gasteiger partial charge in [-0.15, -0.1) is 11.3 Å². The smallest absolute Gasteiger partial charge is 0.196 e. The summed E-state index contributed by atoms with van der Waals surface area (Å²) in [5.74, 6) is -0.339. The van der Waals surface area contributed by atoms with Crippen LogP contribution < -0.4 is 11.1 Å². The lowest BCUT2D eigenvalue weighted by molar-refractivity contribution is 0.103. The molecule has 0 bridgehead atoms. The molecule has 0 spiro atoms. The Hall–Kier alpha value is -2.25. The molecule has 150 valence electrons. The van der Waals surface area contributed by atoms with E-state index >= 15 is 0 Å². The van der Waals surface area contributed by atoms with Crippen molar-refractivity contribution in [2.24, 2.45) is 0 Å². The molecule has 2 aromatic carbocycles. The van der Waals surface area contributed by atoms with Crippen molar-refractivity contribution in [3.05, 3.63) is 87.0 Å². The van der Waals surface area contributed by atoms with Crippen molar-refractivity contribution in [3.63, 3.8) is 0 Å². The molecule has 2 heterocycles. The topological polar surface area (TPSA) is 58.4 Å². The number of nitrogens with one attached hydrogen (secondary N) is 1. The molecule has 0 saturated carbocycles. The van der Waals surface area contributed by atoms with Gasteiger partial charge in [-0.05, 0) is 52.9 Å². The summed E-state index contributed by atoms with van der Waals surface area (Å²) in [6.45, 7) is 3.06. The first-order valence-corrected chi connectivity index (χ1v) is 10.6. The first kappa shape index (κ1) is 20.0. The van der Waals surface area contributed by atoms with Crippen LogP contribution in [0.25, 0.3) is 0 Å². The molecule has 1 unspecified atom stereocenters. The number of halogens is 2. The molecule has 1 atom stereocenters. The summed E-state index contributed by atoms with van der Waals surface area (Å²) in [5.41, 5.74) is 9.27. The van der Waals surface area contributed by atoms with Gasteiger partial charge in [0.15, 0.2) is 5.78 Å². The van der Waals surface area contributed by atoms with E-state index in [1.165, 1.54) is 23.5 Å². The van der Waals surface area contributed by atoms with Crippen molar-refractivity contribution >= 4 is 33.7 Å². The number of hydrogen-bond acceptors (Lipinski definition) is 5. The first-order valence-electron chi connectivity index (χ1n) is 9.39. The van der Waals surface area contributed by atoms with Gasteiger partial charge in [-0.3, -0.25) is 9.69 Å². The molecule has 1 fully saturated rings. The minimum atomic E-state index is -0.245. The molecule has 4 nitrogen and oxygen atoms in total. The zero-order valence-corrected chi connectivity index (χ0v) is 17.3. The fourth-order valence-corrected chi connectivity index (χ4v) is 4.63. The fraction of sp³-hybridized carbons (Fsp3) is 0.227. The van der Waals surface area contributed by atoms with Gasteiger partial charge in [0.2, 0.25) is 0 Å². The van der Waals surface area contributed by atoms with Gasteiger partial charge < -0.3 is 11.1 Å². The van der Waals surface area contributed by atoms with E-state index < -0.39 is 0 Å². The van der Waals surface area contributed by atoms with Crippen LogP contribution in [0.3, 0.4) is 0 Å². The molecule has 1 aromatic heterocycles. The van der Waals surface area contributed by atoms with Gasteiger partial charge in [0.1, 0.15) is 5.82 Å². The van der Waals surface area contributed by atoms with Crippen molar-refractivity contribution in [3.8, 4) is 0 Å². The Kier molecular flexibility index (Phi) is 5.96. The second-order valence-corrected chi connectivity index (χ2v) is 8.43. The summed E-state index contributed by atoms with van der Waals surface area (Å²) < 4.78 is 13.3. The highest BCUT2D eigenvalue weighted by atomic mass is 35.5. The number of carbonyl (C=O) groups is 1. The van der Waals surface area contributed by atoms with Crippen molar-refractivity contribution in [1.82, 2.24) is 10.2 Å². The predicted molar refractivity (Wildman–Crippen MR) is 116 cm³/mol. The van der Waals surface area contributed by atoms with Gasteiger partial charge in [0, 0.05) is 42.8 Å². The SMILES string of the molecule is Nc1scc(CN2CCNCC2c2ccc(F)cc2)c1C(=O)c1ccc(Cl)cc1. The Balaban J connectivity index is 1.61. The number of thiophene rings is 1. The minimum Gasteiger partial charge on any atom is -0.390 e. The Bertz CT molecular complexity index is 1000. The fourth-order valence-electron chi connectivity index (χ4n) is 3.70. The Morgan fingerprint density at radius 1 is 1.21 bits per heavy atom. The van der Waals surface area contributed by atoms with Crippen molar-refractivity contribution in [2.45, 2.75) is 12.6 Å². The average molecular weight is 430 g/mol. The quantitative estimate of drug-likeness (QED) is 0.586. The lowest BCUT2D eigenvalue weighted by Crippen LogP contribution is -2.45. The van der Waals surface area contributed by atoms with Crippen LogP contribution in [-0.2, 0) is 6.54 Å². The Morgan fingerprint density at radius 2 is 1.93 bits per heavy atom.